The Morgan fingerprint density at radius 1 is 1.07 bits per heavy atom. The molecule has 0 radical (unpaired) electrons. The van der Waals surface area contributed by atoms with E-state index in [9.17, 15) is 18.0 Å². The number of carbonyl (C=O) groups is 2. The van der Waals surface area contributed by atoms with E-state index >= 15 is 0 Å². The zero-order chi connectivity index (χ0) is 30.2. The van der Waals surface area contributed by atoms with E-state index in [1.54, 1.807) is 0 Å². The predicted molar refractivity (Wildman–Crippen MR) is 155 cm³/mol. The van der Waals surface area contributed by atoms with Crippen LogP contribution in [0.15, 0.2) is 66.7 Å². The number of H-pyrrole nitrogens is 1. The quantitative estimate of drug-likeness (QED) is 0.280. The number of nitrogens with zero attached hydrogens (tertiary/aromatic N) is 2. The molecule has 4 aromatic rings. The number of hydrogen-bond acceptors (Lipinski definition) is 5. The van der Waals surface area contributed by atoms with Crippen LogP contribution in [0.3, 0.4) is 0 Å². The Labute approximate surface area is 245 Å². The third-order valence-corrected chi connectivity index (χ3v) is 8.21. The van der Waals surface area contributed by atoms with Gasteiger partial charge in [0.05, 0.1) is 29.8 Å². The molecule has 8 nitrogen and oxygen atoms in total. The Morgan fingerprint density at radius 2 is 1.79 bits per heavy atom. The maximum absolute atomic E-state index is 12.9. The second kappa shape index (κ2) is 11.3. The second-order valence-corrected chi connectivity index (χ2v) is 10.9. The Morgan fingerprint density at radius 3 is 2.51 bits per heavy atom. The van der Waals surface area contributed by atoms with Gasteiger partial charge < -0.3 is 15.2 Å². The van der Waals surface area contributed by atoms with Gasteiger partial charge in [-0.25, -0.2) is 4.79 Å². The summed E-state index contributed by atoms with van der Waals surface area (Å²) in [6.45, 7) is 4.61. The molecular weight excluding hydrogens is 561 g/mol. The number of hydrogen-bond donors (Lipinski definition) is 3. The summed E-state index contributed by atoms with van der Waals surface area (Å²) in [6, 6.07) is 23.2. The Bertz CT molecular complexity index is 1690. The fourth-order valence-electron chi connectivity index (χ4n) is 5.88. The molecule has 1 aromatic heterocycles. The van der Waals surface area contributed by atoms with Crippen LogP contribution in [0, 0.1) is 0 Å². The number of alkyl halides is 3. The molecule has 1 saturated heterocycles. The standard InChI is InChI=1S/C30H28N4O2.C2HF3O2/c35-29-30(24-3-1-2-4-27(24)31-29)18-25(30)22-10-11-23-26(32-33-28(23)17-22)12-9-20-5-7-21(8-6-20)19-34-13-15-36-16-14-34;3-2(4,5)1(6)7/h1-12,17,25H,13-16,18-19H2,(H,31,35)(H,32,33);(H,6,7)/t25-,30-;/m0./s1. The minimum absolute atomic E-state index is 0.123. The van der Waals surface area contributed by atoms with Crippen molar-refractivity contribution in [2.45, 2.75) is 30.5 Å². The fraction of sp³-hybridized carbons (Fsp3) is 0.281. The van der Waals surface area contributed by atoms with Crippen LogP contribution in [0.4, 0.5) is 18.9 Å². The number of anilines is 1. The van der Waals surface area contributed by atoms with Crippen LogP contribution in [0.1, 0.15) is 40.3 Å². The fourth-order valence-corrected chi connectivity index (χ4v) is 5.88. The number of fused-ring (bicyclic) bond motifs is 3. The number of carbonyl (C=O) groups excluding carboxylic acids is 1. The SMILES string of the molecule is O=C(O)C(F)(F)F.O=C1Nc2ccccc2[C@]12C[C@H]2c1ccc2c(C=Cc3ccc(CN4CCOCC4)cc3)n[nH]c2c1. The molecule has 2 fully saturated rings. The summed E-state index contributed by atoms with van der Waals surface area (Å²) in [5, 5.41) is 19.0. The van der Waals surface area contributed by atoms with Crippen LogP contribution >= 0.6 is 0 Å². The van der Waals surface area contributed by atoms with Gasteiger partial charge in [0.1, 0.15) is 0 Å². The number of carboxylic acids is 1. The number of rotatable bonds is 5. The summed E-state index contributed by atoms with van der Waals surface area (Å²) >= 11 is 0. The van der Waals surface area contributed by atoms with Crippen molar-refractivity contribution >= 4 is 40.6 Å². The van der Waals surface area contributed by atoms with E-state index in [0.29, 0.717) is 0 Å². The summed E-state index contributed by atoms with van der Waals surface area (Å²) in [6.07, 6.45) is -0.0593. The molecule has 0 bridgehead atoms. The van der Waals surface area contributed by atoms with E-state index in [2.05, 4.69) is 81.1 Å². The normalized spacial score (nSPS) is 21.5. The van der Waals surface area contributed by atoms with Gasteiger partial charge in [0.15, 0.2) is 0 Å². The zero-order valence-electron chi connectivity index (χ0n) is 23.0. The number of nitrogens with one attached hydrogen (secondary N) is 2. The highest BCUT2D eigenvalue weighted by molar-refractivity contribution is 6.09. The van der Waals surface area contributed by atoms with Gasteiger partial charge >= 0.3 is 12.1 Å². The Kier molecular flexibility index (Phi) is 7.53. The molecule has 11 heteroatoms. The van der Waals surface area contributed by atoms with E-state index in [-0.39, 0.29) is 11.8 Å². The minimum Gasteiger partial charge on any atom is -0.475 e. The second-order valence-electron chi connectivity index (χ2n) is 10.9. The topological polar surface area (TPSA) is 108 Å². The lowest BCUT2D eigenvalue weighted by Gasteiger charge is -2.26. The van der Waals surface area contributed by atoms with Crippen molar-refractivity contribution in [3.63, 3.8) is 0 Å². The lowest BCUT2D eigenvalue weighted by atomic mass is 9.92. The maximum Gasteiger partial charge on any atom is 0.490 e. The van der Waals surface area contributed by atoms with Crippen LogP contribution in [0.2, 0.25) is 0 Å². The van der Waals surface area contributed by atoms with Gasteiger partial charge in [-0.3, -0.25) is 14.8 Å². The van der Waals surface area contributed by atoms with Crippen LogP contribution in [-0.4, -0.2) is 64.6 Å². The van der Waals surface area contributed by atoms with Crippen molar-refractivity contribution in [3.8, 4) is 0 Å². The molecule has 1 spiro atoms. The highest BCUT2D eigenvalue weighted by Gasteiger charge is 2.65. The van der Waals surface area contributed by atoms with E-state index in [1.165, 1.54) is 11.1 Å². The average Bonchev–Trinajstić information content (AvgIpc) is 3.53. The van der Waals surface area contributed by atoms with Gasteiger partial charge in [0.2, 0.25) is 5.91 Å². The number of morpholine rings is 1. The first kappa shape index (κ1) is 28.6. The number of ether oxygens (including phenoxy) is 1. The van der Waals surface area contributed by atoms with Gasteiger partial charge in [-0.2, -0.15) is 18.3 Å². The third-order valence-electron chi connectivity index (χ3n) is 8.21. The van der Waals surface area contributed by atoms with Crippen molar-refractivity contribution in [1.82, 2.24) is 15.1 Å². The summed E-state index contributed by atoms with van der Waals surface area (Å²) in [4.78, 5) is 24.2. The van der Waals surface area contributed by atoms with Gasteiger partial charge in [-0.05, 0) is 46.9 Å². The van der Waals surface area contributed by atoms with Crippen molar-refractivity contribution < 1.29 is 32.6 Å². The molecule has 3 aromatic carbocycles. The van der Waals surface area contributed by atoms with Gasteiger partial charge in [0.25, 0.3) is 0 Å². The molecule has 1 aliphatic carbocycles. The summed E-state index contributed by atoms with van der Waals surface area (Å²) in [5.41, 5.74) is 7.25. The lowest BCUT2D eigenvalue weighted by molar-refractivity contribution is -0.192. The van der Waals surface area contributed by atoms with Crippen molar-refractivity contribution in [1.29, 1.82) is 0 Å². The van der Waals surface area contributed by atoms with Crippen LogP contribution < -0.4 is 5.32 Å². The van der Waals surface area contributed by atoms with Gasteiger partial charge in [-0.1, -0.05) is 60.7 Å². The highest BCUT2D eigenvalue weighted by atomic mass is 19.4. The molecule has 2 atom stereocenters. The molecule has 3 N–H and O–H groups in total. The van der Waals surface area contributed by atoms with E-state index in [1.807, 2.05) is 18.2 Å². The number of benzene rings is 3. The number of carboxylic acid groups (broad SMARTS) is 1. The molecule has 3 aliphatic rings. The van der Waals surface area contributed by atoms with Crippen LogP contribution in [0.5, 0.6) is 0 Å². The van der Waals surface area contributed by atoms with Gasteiger partial charge in [0, 0.05) is 36.6 Å². The largest absolute Gasteiger partial charge is 0.490 e. The minimum atomic E-state index is -5.08. The number of halogens is 3. The third kappa shape index (κ3) is 5.78. The smallest absolute Gasteiger partial charge is 0.475 e. The Balaban J connectivity index is 0.000000423. The van der Waals surface area contributed by atoms with Gasteiger partial charge in [-0.15, -0.1) is 0 Å². The molecule has 3 heterocycles. The number of aromatic nitrogens is 2. The van der Waals surface area contributed by atoms with E-state index < -0.39 is 17.6 Å². The number of para-hydroxylation sites is 1. The lowest BCUT2D eigenvalue weighted by Crippen LogP contribution is -2.35. The van der Waals surface area contributed by atoms with Crippen molar-refractivity contribution in [2.24, 2.45) is 0 Å². The molecular formula is C32H29F3N4O4. The molecule has 1 saturated carbocycles. The average molecular weight is 591 g/mol. The van der Waals surface area contributed by atoms with Crippen LogP contribution in [-0.2, 0) is 26.3 Å². The molecule has 43 heavy (non-hydrogen) atoms. The van der Waals surface area contributed by atoms with Crippen LogP contribution in [0.25, 0.3) is 23.1 Å². The monoisotopic (exact) mass is 590 g/mol. The maximum atomic E-state index is 12.9. The number of aliphatic carboxylic acids is 1. The molecule has 222 valence electrons. The molecule has 7 rings (SSSR count). The molecule has 0 unspecified atom stereocenters. The molecule has 2 aliphatic heterocycles. The molecule has 1 amide bonds. The highest BCUT2D eigenvalue weighted by Crippen LogP contribution is 2.65. The first-order valence-electron chi connectivity index (χ1n) is 13.9. The number of amides is 1. The summed E-state index contributed by atoms with van der Waals surface area (Å²) in [5.74, 6) is -2.44. The van der Waals surface area contributed by atoms with E-state index in [4.69, 9.17) is 14.6 Å². The van der Waals surface area contributed by atoms with Crippen molar-refractivity contribution in [2.75, 3.05) is 31.6 Å². The number of aromatic amines is 1. The first-order chi connectivity index (χ1) is 20.6. The van der Waals surface area contributed by atoms with Crippen molar-refractivity contribution in [3.05, 3.63) is 94.7 Å². The predicted octanol–water partition coefficient (Wildman–Crippen LogP) is 5.58. The first-order valence-corrected chi connectivity index (χ1v) is 13.9. The Hall–Kier alpha value is -4.48. The summed E-state index contributed by atoms with van der Waals surface area (Å²) < 4.78 is 37.2. The summed E-state index contributed by atoms with van der Waals surface area (Å²) in [7, 11) is 0. The zero-order valence-corrected chi connectivity index (χ0v) is 23.0. The van der Waals surface area contributed by atoms with E-state index in [0.717, 1.165) is 72.7 Å².